The van der Waals surface area contributed by atoms with Gasteiger partial charge in [0.2, 0.25) is 0 Å². The number of rotatable bonds is 5. The van der Waals surface area contributed by atoms with Crippen LogP contribution in [-0.2, 0) is 6.42 Å². The third-order valence-electron chi connectivity index (χ3n) is 3.28. The number of hydrogen-bond acceptors (Lipinski definition) is 5. The van der Waals surface area contributed by atoms with E-state index >= 15 is 0 Å². The molecule has 0 N–H and O–H groups in total. The minimum atomic E-state index is -0.831. The third kappa shape index (κ3) is 3.07. The predicted octanol–water partition coefficient (Wildman–Crippen LogP) is 3.35. The van der Waals surface area contributed by atoms with Crippen molar-refractivity contribution in [3.05, 3.63) is 79.9 Å². The van der Waals surface area contributed by atoms with Crippen molar-refractivity contribution in [2.45, 2.75) is 12.3 Å². The summed E-state index contributed by atoms with van der Waals surface area (Å²) in [5, 5.41) is 31.4. The first-order chi connectivity index (χ1) is 10.5. The SMILES string of the molecule is N#CC(Cc1ccccc1[N+](=O)[O-])c1ccccc1[N+](=O)[O-]. The monoisotopic (exact) mass is 297 g/mol. The summed E-state index contributed by atoms with van der Waals surface area (Å²) >= 11 is 0. The highest BCUT2D eigenvalue weighted by Crippen LogP contribution is 2.31. The number of nitro benzene ring substituents is 2. The molecular formula is C15H11N3O4. The van der Waals surface area contributed by atoms with Crippen LogP contribution in [0, 0.1) is 31.6 Å². The van der Waals surface area contributed by atoms with Gasteiger partial charge < -0.3 is 0 Å². The van der Waals surface area contributed by atoms with Gasteiger partial charge in [-0.05, 0) is 6.42 Å². The predicted molar refractivity (Wildman–Crippen MR) is 78.3 cm³/mol. The van der Waals surface area contributed by atoms with E-state index < -0.39 is 15.8 Å². The highest BCUT2D eigenvalue weighted by atomic mass is 16.6. The molecule has 0 aliphatic heterocycles. The number of nitriles is 1. The Labute approximate surface area is 125 Å². The van der Waals surface area contributed by atoms with Crippen molar-refractivity contribution in [2.75, 3.05) is 0 Å². The van der Waals surface area contributed by atoms with Crippen LogP contribution < -0.4 is 0 Å². The second-order valence-corrected chi connectivity index (χ2v) is 4.59. The van der Waals surface area contributed by atoms with Gasteiger partial charge in [-0.3, -0.25) is 20.2 Å². The molecule has 110 valence electrons. The van der Waals surface area contributed by atoms with Crippen molar-refractivity contribution in [1.82, 2.24) is 0 Å². The molecule has 0 aromatic heterocycles. The quantitative estimate of drug-likeness (QED) is 0.620. The van der Waals surface area contributed by atoms with Crippen molar-refractivity contribution >= 4 is 11.4 Å². The summed E-state index contributed by atoms with van der Waals surface area (Å²) in [6.07, 6.45) is 0.0402. The Balaban J connectivity index is 2.42. The van der Waals surface area contributed by atoms with E-state index in [0.29, 0.717) is 5.56 Å². The van der Waals surface area contributed by atoms with Gasteiger partial charge in [-0.2, -0.15) is 5.26 Å². The second-order valence-electron chi connectivity index (χ2n) is 4.59. The van der Waals surface area contributed by atoms with Gasteiger partial charge >= 0.3 is 0 Å². The van der Waals surface area contributed by atoms with Crippen LogP contribution >= 0.6 is 0 Å². The molecule has 0 radical (unpaired) electrons. The fraction of sp³-hybridized carbons (Fsp3) is 0.133. The lowest BCUT2D eigenvalue weighted by molar-refractivity contribution is -0.386. The Morgan fingerprint density at radius 1 is 0.955 bits per heavy atom. The first-order valence-electron chi connectivity index (χ1n) is 6.39. The summed E-state index contributed by atoms with van der Waals surface area (Å²) in [4.78, 5) is 21.0. The molecule has 2 rings (SSSR count). The van der Waals surface area contributed by atoms with Gasteiger partial charge in [-0.25, -0.2) is 0 Å². The van der Waals surface area contributed by atoms with Gasteiger partial charge in [-0.15, -0.1) is 0 Å². The summed E-state index contributed by atoms with van der Waals surface area (Å²) < 4.78 is 0. The molecule has 1 unspecified atom stereocenters. The number of para-hydroxylation sites is 2. The second kappa shape index (κ2) is 6.45. The Kier molecular flexibility index (Phi) is 4.44. The molecule has 0 heterocycles. The molecule has 0 saturated heterocycles. The largest absolute Gasteiger partial charge is 0.273 e. The zero-order valence-electron chi connectivity index (χ0n) is 11.4. The van der Waals surface area contributed by atoms with Crippen molar-refractivity contribution < 1.29 is 9.85 Å². The lowest BCUT2D eigenvalue weighted by Crippen LogP contribution is -2.06. The molecule has 2 aromatic rings. The Hall–Kier alpha value is -3.27. The average Bonchev–Trinajstić information content (AvgIpc) is 2.52. The van der Waals surface area contributed by atoms with Crippen molar-refractivity contribution in [2.24, 2.45) is 0 Å². The summed E-state index contributed by atoms with van der Waals surface area (Å²) in [6.45, 7) is 0. The van der Waals surface area contributed by atoms with E-state index in [2.05, 4.69) is 0 Å². The maximum absolute atomic E-state index is 11.1. The Morgan fingerprint density at radius 3 is 2.09 bits per heavy atom. The minimum Gasteiger partial charge on any atom is -0.258 e. The van der Waals surface area contributed by atoms with Crippen molar-refractivity contribution in [3.8, 4) is 6.07 Å². The van der Waals surface area contributed by atoms with Crippen LogP contribution in [0.25, 0.3) is 0 Å². The summed E-state index contributed by atoms with van der Waals surface area (Å²) in [6, 6.07) is 14.0. The summed E-state index contributed by atoms with van der Waals surface area (Å²) in [5.41, 5.74) is 0.374. The van der Waals surface area contributed by atoms with Gasteiger partial charge in [0.1, 0.15) is 0 Å². The smallest absolute Gasteiger partial charge is 0.258 e. The molecular weight excluding hydrogens is 286 g/mol. The zero-order chi connectivity index (χ0) is 16.1. The van der Waals surface area contributed by atoms with Gasteiger partial charge in [0.05, 0.1) is 21.8 Å². The van der Waals surface area contributed by atoms with E-state index in [1.54, 1.807) is 18.2 Å². The van der Waals surface area contributed by atoms with E-state index in [1.165, 1.54) is 30.3 Å². The molecule has 1 atom stereocenters. The molecule has 2 aromatic carbocycles. The maximum Gasteiger partial charge on any atom is 0.273 e. The number of benzene rings is 2. The van der Waals surface area contributed by atoms with Crippen LogP contribution in [0.3, 0.4) is 0 Å². The van der Waals surface area contributed by atoms with E-state index in [9.17, 15) is 25.5 Å². The standard InChI is InChI=1S/C15H11N3O4/c16-10-12(13-6-2-4-8-15(13)18(21)22)9-11-5-1-3-7-14(11)17(19)20/h1-8,12H,9H2. The maximum atomic E-state index is 11.1. The van der Waals surface area contributed by atoms with Crippen LogP contribution in [0.5, 0.6) is 0 Å². The highest BCUT2D eigenvalue weighted by molar-refractivity contribution is 5.48. The van der Waals surface area contributed by atoms with E-state index in [1.807, 2.05) is 6.07 Å². The molecule has 0 aliphatic carbocycles. The average molecular weight is 297 g/mol. The fourth-order valence-electron chi connectivity index (χ4n) is 2.26. The molecule has 7 heteroatoms. The molecule has 22 heavy (non-hydrogen) atoms. The molecule has 0 saturated carbocycles. The number of nitrogens with zero attached hydrogens (tertiary/aromatic N) is 3. The van der Waals surface area contributed by atoms with E-state index in [-0.39, 0.29) is 23.4 Å². The summed E-state index contributed by atoms with van der Waals surface area (Å²) in [7, 11) is 0. The molecule has 7 nitrogen and oxygen atoms in total. The van der Waals surface area contributed by atoms with Gasteiger partial charge in [0.15, 0.2) is 0 Å². The molecule has 0 bridgehead atoms. The molecule has 0 aliphatic rings. The minimum absolute atomic E-state index is 0.0402. The van der Waals surface area contributed by atoms with E-state index in [0.717, 1.165) is 0 Å². The third-order valence-corrected chi connectivity index (χ3v) is 3.28. The Bertz CT molecular complexity index is 767. The van der Waals surface area contributed by atoms with E-state index in [4.69, 9.17) is 0 Å². The summed E-state index contributed by atoms with van der Waals surface area (Å²) in [5.74, 6) is -0.831. The number of hydrogen-bond donors (Lipinski definition) is 0. The highest BCUT2D eigenvalue weighted by Gasteiger charge is 2.24. The van der Waals surface area contributed by atoms with Crippen molar-refractivity contribution in [1.29, 1.82) is 5.26 Å². The zero-order valence-corrected chi connectivity index (χ0v) is 11.4. The van der Waals surface area contributed by atoms with Crippen LogP contribution in [0.2, 0.25) is 0 Å². The van der Waals surface area contributed by atoms with Crippen LogP contribution in [0.4, 0.5) is 11.4 Å². The van der Waals surface area contributed by atoms with Gasteiger partial charge in [0.25, 0.3) is 11.4 Å². The normalized spacial score (nSPS) is 11.4. The molecule has 0 amide bonds. The number of nitro groups is 2. The van der Waals surface area contributed by atoms with Gasteiger partial charge in [0, 0.05) is 23.3 Å². The van der Waals surface area contributed by atoms with Crippen molar-refractivity contribution in [3.63, 3.8) is 0 Å². The topological polar surface area (TPSA) is 110 Å². The van der Waals surface area contributed by atoms with Crippen LogP contribution in [0.1, 0.15) is 17.0 Å². The fourth-order valence-corrected chi connectivity index (χ4v) is 2.26. The van der Waals surface area contributed by atoms with Gasteiger partial charge in [-0.1, -0.05) is 36.4 Å². The lowest BCUT2D eigenvalue weighted by atomic mass is 9.91. The molecule has 0 spiro atoms. The lowest BCUT2D eigenvalue weighted by Gasteiger charge is -2.10. The first-order valence-corrected chi connectivity index (χ1v) is 6.39. The Morgan fingerprint density at radius 2 is 1.50 bits per heavy atom. The molecule has 0 fully saturated rings. The van der Waals surface area contributed by atoms with Crippen LogP contribution in [-0.4, -0.2) is 9.85 Å². The first kappa shape index (κ1) is 15.1. The van der Waals surface area contributed by atoms with Crippen LogP contribution in [0.15, 0.2) is 48.5 Å².